The van der Waals surface area contributed by atoms with Crippen LogP contribution in [0.25, 0.3) is 10.8 Å². The standard InChI is InChI=1S/C25H26N2O4/c1-27(13-14-31-21-11-9-20(30-2)10-12-21)25(29)22-15-18-5-3-4-6-19(18)16-23(22)26-24(28)17-7-8-17/h3-6,9-12,15-17H,7-8,13-14H2,1-2H3,(H,26,28). The van der Waals surface area contributed by atoms with E-state index in [1.807, 2.05) is 60.7 Å². The predicted molar refractivity (Wildman–Crippen MR) is 121 cm³/mol. The van der Waals surface area contributed by atoms with Gasteiger partial charge in [0, 0.05) is 13.0 Å². The molecule has 3 aromatic rings. The molecule has 2 amide bonds. The maximum absolute atomic E-state index is 13.2. The summed E-state index contributed by atoms with van der Waals surface area (Å²) in [7, 11) is 3.35. The topological polar surface area (TPSA) is 67.9 Å². The Morgan fingerprint density at radius 3 is 2.29 bits per heavy atom. The average molecular weight is 418 g/mol. The average Bonchev–Trinajstić information content (AvgIpc) is 3.64. The van der Waals surface area contributed by atoms with E-state index in [4.69, 9.17) is 9.47 Å². The number of hydrogen-bond acceptors (Lipinski definition) is 4. The van der Waals surface area contributed by atoms with Gasteiger partial charge in [0.2, 0.25) is 5.91 Å². The molecule has 0 spiro atoms. The Labute approximate surface area is 181 Å². The van der Waals surface area contributed by atoms with Crippen LogP contribution in [0.2, 0.25) is 0 Å². The highest BCUT2D eigenvalue weighted by Crippen LogP contribution is 2.32. The van der Waals surface area contributed by atoms with Gasteiger partial charge < -0.3 is 19.7 Å². The molecule has 1 N–H and O–H groups in total. The molecular formula is C25H26N2O4. The van der Waals surface area contributed by atoms with Crippen LogP contribution in [0.1, 0.15) is 23.2 Å². The number of nitrogens with zero attached hydrogens (tertiary/aromatic N) is 1. The second-order valence-corrected chi connectivity index (χ2v) is 7.76. The number of benzene rings is 3. The fraction of sp³-hybridized carbons (Fsp3) is 0.280. The molecule has 3 aromatic carbocycles. The molecule has 1 fully saturated rings. The van der Waals surface area contributed by atoms with E-state index < -0.39 is 0 Å². The maximum atomic E-state index is 13.2. The minimum Gasteiger partial charge on any atom is -0.497 e. The first kappa shape index (κ1) is 20.7. The van der Waals surface area contributed by atoms with Gasteiger partial charge in [-0.25, -0.2) is 0 Å². The summed E-state index contributed by atoms with van der Waals surface area (Å²) in [5, 5.41) is 4.90. The SMILES string of the molecule is COc1ccc(OCCN(C)C(=O)c2cc3ccccc3cc2NC(=O)C2CC2)cc1. The molecule has 1 saturated carbocycles. The zero-order valence-electron chi connectivity index (χ0n) is 17.8. The molecule has 0 heterocycles. The van der Waals surface area contributed by atoms with Crippen molar-refractivity contribution in [1.82, 2.24) is 4.90 Å². The molecule has 1 aliphatic carbocycles. The van der Waals surface area contributed by atoms with Crippen molar-refractivity contribution in [3.05, 3.63) is 66.2 Å². The summed E-state index contributed by atoms with van der Waals surface area (Å²) in [6.45, 7) is 0.764. The number of ether oxygens (including phenoxy) is 2. The van der Waals surface area contributed by atoms with Gasteiger partial charge in [-0.15, -0.1) is 0 Å². The van der Waals surface area contributed by atoms with Crippen molar-refractivity contribution in [1.29, 1.82) is 0 Å². The van der Waals surface area contributed by atoms with Crippen molar-refractivity contribution < 1.29 is 19.1 Å². The third-order valence-corrected chi connectivity index (χ3v) is 5.42. The van der Waals surface area contributed by atoms with Gasteiger partial charge in [0.15, 0.2) is 0 Å². The highest BCUT2D eigenvalue weighted by molar-refractivity contribution is 6.08. The van der Waals surface area contributed by atoms with E-state index in [2.05, 4.69) is 5.32 Å². The molecule has 1 aliphatic rings. The highest BCUT2D eigenvalue weighted by atomic mass is 16.5. The van der Waals surface area contributed by atoms with Crippen LogP contribution < -0.4 is 14.8 Å². The molecule has 4 rings (SSSR count). The normalized spacial score (nSPS) is 13.0. The summed E-state index contributed by atoms with van der Waals surface area (Å²) in [6.07, 6.45) is 1.82. The van der Waals surface area contributed by atoms with Crippen molar-refractivity contribution in [3.63, 3.8) is 0 Å². The molecule has 0 atom stereocenters. The van der Waals surface area contributed by atoms with Crippen LogP contribution in [0.5, 0.6) is 11.5 Å². The van der Waals surface area contributed by atoms with Crippen LogP contribution in [0.3, 0.4) is 0 Å². The molecule has 160 valence electrons. The summed E-state index contributed by atoms with van der Waals surface area (Å²) in [6, 6.07) is 18.9. The van der Waals surface area contributed by atoms with E-state index in [-0.39, 0.29) is 17.7 Å². The number of carbonyl (C=O) groups is 2. The molecule has 0 radical (unpaired) electrons. The van der Waals surface area contributed by atoms with E-state index in [9.17, 15) is 9.59 Å². The number of rotatable bonds is 8. The van der Waals surface area contributed by atoms with E-state index in [1.54, 1.807) is 19.1 Å². The first-order valence-corrected chi connectivity index (χ1v) is 10.4. The largest absolute Gasteiger partial charge is 0.497 e. The van der Waals surface area contributed by atoms with E-state index >= 15 is 0 Å². The molecule has 6 nitrogen and oxygen atoms in total. The van der Waals surface area contributed by atoms with Gasteiger partial charge >= 0.3 is 0 Å². The van der Waals surface area contributed by atoms with Crippen molar-refractivity contribution in [2.45, 2.75) is 12.8 Å². The molecular weight excluding hydrogens is 392 g/mol. The lowest BCUT2D eigenvalue weighted by Crippen LogP contribution is -2.31. The van der Waals surface area contributed by atoms with E-state index in [1.165, 1.54) is 0 Å². The molecule has 0 aliphatic heterocycles. The monoisotopic (exact) mass is 418 g/mol. The van der Waals surface area contributed by atoms with Crippen LogP contribution in [-0.4, -0.2) is 44.0 Å². The minimum atomic E-state index is -0.157. The lowest BCUT2D eigenvalue weighted by Gasteiger charge is -2.20. The smallest absolute Gasteiger partial charge is 0.255 e. The lowest BCUT2D eigenvalue weighted by atomic mass is 10.0. The first-order valence-electron chi connectivity index (χ1n) is 10.4. The molecule has 0 saturated heterocycles. The first-order chi connectivity index (χ1) is 15.0. The molecule has 31 heavy (non-hydrogen) atoms. The fourth-order valence-electron chi connectivity index (χ4n) is 3.38. The Bertz CT molecular complexity index is 1090. The van der Waals surface area contributed by atoms with Crippen LogP contribution in [0.4, 0.5) is 5.69 Å². The number of nitrogens with one attached hydrogen (secondary N) is 1. The highest BCUT2D eigenvalue weighted by Gasteiger charge is 2.30. The summed E-state index contributed by atoms with van der Waals surface area (Å²) < 4.78 is 10.9. The van der Waals surface area contributed by atoms with Gasteiger partial charge in [-0.2, -0.15) is 0 Å². The van der Waals surface area contributed by atoms with E-state index in [0.717, 1.165) is 29.4 Å². The predicted octanol–water partition coefficient (Wildman–Crippen LogP) is 4.35. The van der Waals surface area contributed by atoms with Gasteiger partial charge in [0.25, 0.3) is 5.91 Å². The van der Waals surface area contributed by atoms with Crippen LogP contribution in [0.15, 0.2) is 60.7 Å². The lowest BCUT2D eigenvalue weighted by molar-refractivity contribution is -0.117. The molecule has 6 heteroatoms. The number of amides is 2. The van der Waals surface area contributed by atoms with E-state index in [0.29, 0.717) is 30.2 Å². The van der Waals surface area contributed by atoms with Gasteiger partial charge in [-0.3, -0.25) is 9.59 Å². The number of fused-ring (bicyclic) bond motifs is 1. The van der Waals surface area contributed by atoms with Gasteiger partial charge in [0.1, 0.15) is 18.1 Å². The molecule has 0 aromatic heterocycles. The Kier molecular flexibility index (Phi) is 6.07. The van der Waals surface area contributed by atoms with Crippen LogP contribution in [0, 0.1) is 5.92 Å². The summed E-state index contributed by atoms with van der Waals surface area (Å²) in [4.78, 5) is 27.2. The number of likely N-dealkylation sites (N-methyl/N-ethyl adjacent to an activating group) is 1. The van der Waals surface area contributed by atoms with Crippen molar-refractivity contribution in [2.24, 2.45) is 5.92 Å². The quantitative estimate of drug-likeness (QED) is 0.591. The molecule has 0 unspecified atom stereocenters. The second-order valence-electron chi connectivity index (χ2n) is 7.76. The third kappa shape index (κ3) is 4.97. The molecule has 0 bridgehead atoms. The Morgan fingerprint density at radius 2 is 1.65 bits per heavy atom. The Morgan fingerprint density at radius 1 is 1.00 bits per heavy atom. The van der Waals surface area contributed by atoms with Crippen LogP contribution >= 0.6 is 0 Å². The minimum absolute atomic E-state index is 0.0187. The van der Waals surface area contributed by atoms with Crippen molar-refractivity contribution in [3.8, 4) is 11.5 Å². The number of carbonyl (C=O) groups excluding carboxylic acids is 2. The zero-order valence-corrected chi connectivity index (χ0v) is 17.8. The van der Waals surface area contributed by atoms with Gasteiger partial charge in [-0.1, -0.05) is 24.3 Å². The Balaban J connectivity index is 1.47. The van der Waals surface area contributed by atoms with Gasteiger partial charge in [0.05, 0.1) is 24.9 Å². The zero-order chi connectivity index (χ0) is 21.8. The summed E-state index contributed by atoms with van der Waals surface area (Å²) in [5.74, 6) is 1.36. The summed E-state index contributed by atoms with van der Waals surface area (Å²) >= 11 is 0. The Hall–Kier alpha value is -3.54. The maximum Gasteiger partial charge on any atom is 0.255 e. The van der Waals surface area contributed by atoms with Crippen molar-refractivity contribution >= 4 is 28.3 Å². The fourth-order valence-corrected chi connectivity index (χ4v) is 3.38. The second kappa shape index (κ2) is 9.08. The van der Waals surface area contributed by atoms with Crippen LogP contribution in [-0.2, 0) is 4.79 Å². The number of anilines is 1. The summed E-state index contributed by atoms with van der Waals surface area (Å²) in [5.41, 5.74) is 1.04. The van der Waals surface area contributed by atoms with Gasteiger partial charge in [-0.05, 0) is 60.0 Å². The van der Waals surface area contributed by atoms with Crippen molar-refractivity contribution in [2.75, 3.05) is 32.6 Å². The number of hydrogen-bond donors (Lipinski definition) is 1. The number of methoxy groups -OCH3 is 1. The third-order valence-electron chi connectivity index (χ3n) is 5.42.